The van der Waals surface area contributed by atoms with Gasteiger partial charge in [0, 0.05) is 6.07 Å². The van der Waals surface area contributed by atoms with Crippen LogP contribution in [0.15, 0.2) is 12.1 Å². The Labute approximate surface area is 122 Å². The molecule has 0 aliphatic heterocycles. The van der Waals surface area contributed by atoms with Crippen molar-refractivity contribution in [3.05, 3.63) is 33.6 Å². The van der Waals surface area contributed by atoms with Gasteiger partial charge in [0.1, 0.15) is 5.82 Å². The van der Waals surface area contributed by atoms with E-state index >= 15 is 0 Å². The van der Waals surface area contributed by atoms with Crippen molar-refractivity contribution in [1.82, 2.24) is 0 Å². The molecule has 1 rings (SSSR count). The summed E-state index contributed by atoms with van der Waals surface area (Å²) in [6, 6.07) is 1.68. The standard InChI is InChI=1S/C14H18FNO5/c1-8(2)5-9(3)21-13-6-10(14(17)20-4)11(15)7-12(13)16(18)19/h6-9H,5H2,1-4H3. The fourth-order valence-corrected chi connectivity index (χ4v) is 1.98. The van der Waals surface area contributed by atoms with E-state index in [0.717, 1.165) is 13.2 Å². The van der Waals surface area contributed by atoms with Gasteiger partial charge in [-0.05, 0) is 19.3 Å². The zero-order valence-corrected chi connectivity index (χ0v) is 12.4. The quantitative estimate of drug-likeness (QED) is 0.457. The summed E-state index contributed by atoms with van der Waals surface area (Å²) in [6.45, 7) is 5.72. The number of ether oxygens (including phenoxy) is 2. The molecule has 0 heterocycles. The fourth-order valence-electron chi connectivity index (χ4n) is 1.98. The summed E-state index contributed by atoms with van der Waals surface area (Å²) in [5.41, 5.74) is -0.911. The maximum absolute atomic E-state index is 13.7. The van der Waals surface area contributed by atoms with Crippen molar-refractivity contribution in [1.29, 1.82) is 0 Å². The van der Waals surface area contributed by atoms with Crippen molar-refractivity contribution in [3.8, 4) is 5.75 Å². The van der Waals surface area contributed by atoms with Crippen LogP contribution in [-0.4, -0.2) is 24.1 Å². The molecule has 0 saturated carbocycles. The molecule has 0 aliphatic rings. The summed E-state index contributed by atoms with van der Waals surface area (Å²) in [6.07, 6.45) is 0.363. The van der Waals surface area contributed by atoms with E-state index in [1.54, 1.807) is 6.92 Å². The van der Waals surface area contributed by atoms with E-state index in [1.807, 2.05) is 13.8 Å². The van der Waals surface area contributed by atoms with E-state index in [-0.39, 0.29) is 11.9 Å². The molecule has 0 radical (unpaired) electrons. The number of nitrogens with zero attached hydrogens (tertiary/aromatic N) is 1. The van der Waals surface area contributed by atoms with E-state index in [0.29, 0.717) is 18.4 Å². The lowest BCUT2D eigenvalue weighted by atomic mass is 10.1. The molecule has 0 bridgehead atoms. The first-order valence-corrected chi connectivity index (χ1v) is 6.49. The number of nitro benzene ring substituents is 1. The number of benzene rings is 1. The molecule has 0 saturated heterocycles. The van der Waals surface area contributed by atoms with Gasteiger partial charge in [-0.1, -0.05) is 13.8 Å². The molecule has 0 aliphatic carbocycles. The first-order valence-electron chi connectivity index (χ1n) is 6.49. The molecule has 0 amide bonds. The Kier molecular flexibility index (Phi) is 5.63. The molecular weight excluding hydrogens is 281 g/mol. The highest BCUT2D eigenvalue weighted by molar-refractivity contribution is 5.90. The van der Waals surface area contributed by atoms with E-state index in [9.17, 15) is 19.3 Å². The van der Waals surface area contributed by atoms with Gasteiger partial charge in [-0.3, -0.25) is 10.1 Å². The Balaban J connectivity index is 3.20. The number of rotatable bonds is 6. The normalized spacial score (nSPS) is 12.1. The molecule has 6 nitrogen and oxygen atoms in total. The number of methoxy groups -OCH3 is 1. The second-order valence-electron chi connectivity index (χ2n) is 5.11. The molecule has 1 aromatic rings. The van der Waals surface area contributed by atoms with E-state index < -0.39 is 28.0 Å². The van der Waals surface area contributed by atoms with E-state index in [2.05, 4.69) is 4.74 Å². The molecule has 1 atom stereocenters. The minimum Gasteiger partial charge on any atom is -0.484 e. The average Bonchev–Trinajstić information content (AvgIpc) is 2.38. The zero-order valence-electron chi connectivity index (χ0n) is 12.4. The summed E-state index contributed by atoms with van der Waals surface area (Å²) in [7, 11) is 1.10. The molecule has 116 valence electrons. The van der Waals surface area contributed by atoms with Crippen molar-refractivity contribution in [2.24, 2.45) is 5.92 Å². The van der Waals surface area contributed by atoms with Crippen LogP contribution in [0, 0.1) is 21.8 Å². The first kappa shape index (κ1) is 16.9. The molecule has 1 aromatic carbocycles. The van der Waals surface area contributed by atoms with Gasteiger partial charge in [0.15, 0.2) is 5.75 Å². The first-order chi connectivity index (χ1) is 9.76. The minimum absolute atomic E-state index is 0.144. The Morgan fingerprint density at radius 3 is 2.48 bits per heavy atom. The van der Waals surface area contributed by atoms with Crippen LogP contribution in [0.1, 0.15) is 37.6 Å². The van der Waals surface area contributed by atoms with Gasteiger partial charge < -0.3 is 9.47 Å². The van der Waals surface area contributed by atoms with Crippen LogP contribution in [0.3, 0.4) is 0 Å². The molecule has 21 heavy (non-hydrogen) atoms. The van der Waals surface area contributed by atoms with E-state index in [4.69, 9.17) is 4.74 Å². The number of esters is 1. The van der Waals surface area contributed by atoms with Gasteiger partial charge in [0.05, 0.1) is 29.8 Å². The van der Waals surface area contributed by atoms with Gasteiger partial charge in [0.2, 0.25) is 0 Å². The number of carbonyl (C=O) groups is 1. The van der Waals surface area contributed by atoms with Crippen molar-refractivity contribution in [2.75, 3.05) is 7.11 Å². The third-order valence-corrected chi connectivity index (χ3v) is 2.78. The summed E-state index contributed by atoms with van der Waals surface area (Å²) in [4.78, 5) is 21.7. The molecule has 0 spiro atoms. The smallest absolute Gasteiger partial charge is 0.340 e. The van der Waals surface area contributed by atoms with Crippen LogP contribution < -0.4 is 4.74 Å². The van der Waals surface area contributed by atoms with Crippen LogP contribution in [0.25, 0.3) is 0 Å². The zero-order chi connectivity index (χ0) is 16.2. The molecule has 0 fully saturated rings. The summed E-state index contributed by atoms with van der Waals surface area (Å²) in [5.74, 6) is -1.74. The largest absolute Gasteiger partial charge is 0.484 e. The number of halogens is 1. The summed E-state index contributed by atoms with van der Waals surface area (Å²) < 4.78 is 23.6. The highest BCUT2D eigenvalue weighted by Crippen LogP contribution is 2.31. The molecule has 0 N–H and O–H groups in total. The summed E-state index contributed by atoms with van der Waals surface area (Å²) in [5, 5.41) is 11.0. The SMILES string of the molecule is COC(=O)c1cc(OC(C)CC(C)C)c([N+](=O)[O-])cc1F. The van der Waals surface area contributed by atoms with Gasteiger partial charge >= 0.3 is 11.7 Å². The van der Waals surface area contributed by atoms with Crippen molar-refractivity contribution in [3.63, 3.8) is 0 Å². The molecular formula is C14H18FNO5. The summed E-state index contributed by atoms with van der Waals surface area (Å²) >= 11 is 0. The molecule has 0 aromatic heterocycles. The highest BCUT2D eigenvalue weighted by atomic mass is 19.1. The average molecular weight is 299 g/mol. The van der Waals surface area contributed by atoms with Crippen LogP contribution in [0.2, 0.25) is 0 Å². The fraction of sp³-hybridized carbons (Fsp3) is 0.500. The monoisotopic (exact) mass is 299 g/mol. The topological polar surface area (TPSA) is 78.7 Å². The third kappa shape index (κ3) is 4.40. The number of hydrogen-bond donors (Lipinski definition) is 0. The molecule has 7 heteroatoms. The second-order valence-corrected chi connectivity index (χ2v) is 5.11. The van der Waals surface area contributed by atoms with Gasteiger partial charge in [-0.2, -0.15) is 0 Å². The third-order valence-electron chi connectivity index (χ3n) is 2.78. The maximum atomic E-state index is 13.7. The lowest BCUT2D eigenvalue weighted by molar-refractivity contribution is -0.386. The predicted molar refractivity (Wildman–Crippen MR) is 73.9 cm³/mol. The number of hydrogen-bond acceptors (Lipinski definition) is 5. The Hall–Kier alpha value is -2.18. The van der Waals surface area contributed by atoms with Crippen molar-refractivity contribution < 1.29 is 23.6 Å². The minimum atomic E-state index is -1.02. The van der Waals surface area contributed by atoms with Gasteiger partial charge in [-0.15, -0.1) is 0 Å². The van der Waals surface area contributed by atoms with Gasteiger partial charge in [-0.25, -0.2) is 9.18 Å². The van der Waals surface area contributed by atoms with Crippen molar-refractivity contribution in [2.45, 2.75) is 33.3 Å². The van der Waals surface area contributed by atoms with Crippen LogP contribution in [0.4, 0.5) is 10.1 Å². The lowest BCUT2D eigenvalue weighted by Gasteiger charge is -2.17. The number of carbonyl (C=O) groups excluding carboxylic acids is 1. The predicted octanol–water partition coefficient (Wildman–Crippen LogP) is 3.33. The van der Waals surface area contributed by atoms with Crippen LogP contribution >= 0.6 is 0 Å². The Morgan fingerprint density at radius 1 is 1.38 bits per heavy atom. The lowest BCUT2D eigenvalue weighted by Crippen LogP contribution is -2.16. The molecule has 1 unspecified atom stereocenters. The second kappa shape index (κ2) is 7.01. The highest BCUT2D eigenvalue weighted by Gasteiger charge is 2.24. The number of nitro groups is 1. The van der Waals surface area contributed by atoms with Crippen LogP contribution in [0.5, 0.6) is 5.75 Å². The maximum Gasteiger partial charge on any atom is 0.340 e. The van der Waals surface area contributed by atoms with E-state index in [1.165, 1.54) is 0 Å². The Bertz CT molecular complexity index is 544. The Morgan fingerprint density at radius 2 is 2.00 bits per heavy atom. The van der Waals surface area contributed by atoms with Crippen molar-refractivity contribution >= 4 is 11.7 Å². The van der Waals surface area contributed by atoms with Gasteiger partial charge in [0.25, 0.3) is 0 Å². The van der Waals surface area contributed by atoms with Crippen LogP contribution in [-0.2, 0) is 4.74 Å².